The van der Waals surface area contributed by atoms with Crippen molar-refractivity contribution in [1.82, 2.24) is 15.6 Å². The third-order valence-corrected chi connectivity index (χ3v) is 5.86. The van der Waals surface area contributed by atoms with E-state index in [1.165, 1.54) is 0 Å². The quantitative estimate of drug-likeness (QED) is 0.322. The largest absolute Gasteiger partial charge is 0.497 e. The summed E-state index contributed by atoms with van der Waals surface area (Å²) in [5.74, 6) is 0.813. The lowest BCUT2D eigenvalue weighted by atomic mass is 9.91. The molecule has 1 unspecified atom stereocenters. The maximum atomic E-state index is 12.6. The maximum Gasteiger partial charge on any atom is 0.251 e. The van der Waals surface area contributed by atoms with Gasteiger partial charge in [-0.15, -0.1) is 0 Å². The molecule has 1 atom stereocenters. The first-order valence-electron chi connectivity index (χ1n) is 11.6. The Labute approximate surface area is 204 Å². The molecule has 7 heteroatoms. The number of fused-ring (bicyclic) bond motifs is 1. The average Bonchev–Trinajstić information content (AvgIpc) is 3.32. The smallest absolute Gasteiger partial charge is 0.251 e. The fourth-order valence-electron chi connectivity index (χ4n) is 4.04. The van der Waals surface area contributed by atoms with E-state index in [0.29, 0.717) is 24.5 Å². The van der Waals surface area contributed by atoms with E-state index >= 15 is 0 Å². The van der Waals surface area contributed by atoms with E-state index in [4.69, 9.17) is 9.47 Å². The van der Waals surface area contributed by atoms with Crippen molar-refractivity contribution in [2.75, 3.05) is 26.8 Å². The Balaban J connectivity index is 1.42. The van der Waals surface area contributed by atoms with Gasteiger partial charge in [-0.3, -0.25) is 9.59 Å². The Hall–Kier alpha value is -4.26. The molecule has 1 aromatic heterocycles. The van der Waals surface area contributed by atoms with Gasteiger partial charge in [-0.1, -0.05) is 30.3 Å². The molecule has 0 aliphatic rings. The summed E-state index contributed by atoms with van der Waals surface area (Å²) in [4.78, 5) is 28.4. The van der Waals surface area contributed by atoms with Crippen molar-refractivity contribution in [3.05, 3.63) is 95.7 Å². The SMILES string of the molecule is CCOc1ccc(C(=O)NCC(=O)NCC(c2ccc(OC)cc2)c2c[nH]c3ccccc23)cc1. The summed E-state index contributed by atoms with van der Waals surface area (Å²) in [5, 5.41) is 6.76. The van der Waals surface area contributed by atoms with Crippen LogP contribution in [0.15, 0.2) is 79.0 Å². The predicted octanol–water partition coefficient (Wildman–Crippen LogP) is 4.25. The van der Waals surface area contributed by atoms with E-state index < -0.39 is 0 Å². The van der Waals surface area contributed by atoms with E-state index in [2.05, 4.69) is 21.7 Å². The summed E-state index contributed by atoms with van der Waals surface area (Å²) in [7, 11) is 1.63. The molecular formula is C28H29N3O4. The van der Waals surface area contributed by atoms with Crippen molar-refractivity contribution in [2.24, 2.45) is 0 Å². The molecule has 35 heavy (non-hydrogen) atoms. The number of amides is 2. The Morgan fingerprint density at radius 3 is 2.34 bits per heavy atom. The summed E-state index contributed by atoms with van der Waals surface area (Å²) in [6.45, 7) is 2.72. The first kappa shape index (κ1) is 23.9. The molecule has 0 saturated carbocycles. The van der Waals surface area contributed by atoms with Gasteiger partial charge in [0.25, 0.3) is 5.91 Å². The second-order valence-corrected chi connectivity index (χ2v) is 8.06. The van der Waals surface area contributed by atoms with E-state index in [-0.39, 0.29) is 24.3 Å². The fourth-order valence-corrected chi connectivity index (χ4v) is 4.04. The number of H-pyrrole nitrogens is 1. The van der Waals surface area contributed by atoms with Crippen LogP contribution in [-0.4, -0.2) is 43.6 Å². The summed E-state index contributed by atoms with van der Waals surface area (Å²) in [6.07, 6.45) is 1.99. The van der Waals surface area contributed by atoms with Crippen LogP contribution in [0.2, 0.25) is 0 Å². The summed E-state index contributed by atoms with van der Waals surface area (Å²) >= 11 is 0. The number of hydrogen-bond donors (Lipinski definition) is 3. The van der Waals surface area contributed by atoms with Crippen molar-refractivity contribution in [1.29, 1.82) is 0 Å². The Morgan fingerprint density at radius 2 is 1.63 bits per heavy atom. The number of carbonyl (C=O) groups excluding carboxylic acids is 2. The van der Waals surface area contributed by atoms with Gasteiger partial charge in [0.15, 0.2) is 0 Å². The van der Waals surface area contributed by atoms with E-state index in [0.717, 1.165) is 27.8 Å². The second-order valence-electron chi connectivity index (χ2n) is 8.06. The van der Waals surface area contributed by atoms with Gasteiger partial charge < -0.3 is 25.1 Å². The number of carbonyl (C=O) groups is 2. The van der Waals surface area contributed by atoms with Crippen LogP contribution in [0, 0.1) is 0 Å². The molecule has 180 valence electrons. The molecule has 0 aliphatic heterocycles. The van der Waals surface area contributed by atoms with Gasteiger partial charge in [-0.25, -0.2) is 0 Å². The highest BCUT2D eigenvalue weighted by Gasteiger charge is 2.19. The maximum absolute atomic E-state index is 12.6. The van der Waals surface area contributed by atoms with Gasteiger partial charge in [0.2, 0.25) is 5.91 Å². The highest BCUT2D eigenvalue weighted by Crippen LogP contribution is 2.31. The van der Waals surface area contributed by atoms with Crippen molar-refractivity contribution < 1.29 is 19.1 Å². The highest BCUT2D eigenvalue weighted by molar-refractivity contribution is 5.96. The monoisotopic (exact) mass is 471 g/mol. The van der Waals surface area contributed by atoms with Crippen LogP contribution < -0.4 is 20.1 Å². The van der Waals surface area contributed by atoms with Crippen LogP contribution in [0.25, 0.3) is 10.9 Å². The first-order valence-corrected chi connectivity index (χ1v) is 11.6. The lowest BCUT2D eigenvalue weighted by Gasteiger charge is -2.19. The van der Waals surface area contributed by atoms with Crippen molar-refractivity contribution in [2.45, 2.75) is 12.8 Å². The van der Waals surface area contributed by atoms with Crippen molar-refractivity contribution >= 4 is 22.7 Å². The lowest BCUT2D eigenvalue weighted by molar-refractivity contribution is -0.120. The van der Waals surface area contributed by atoms with E-state index in [1.807, 2.05) is 55.6 Å². The molecule has 0 radical (unpaired) electrons. The van der Waals surface area contributed by atoms with E-state index in [9.17, 15) is 9.59 Å². The molecular weight excluding hydrogens is 442 g/mol. The van der Waals surface area contributed by atoms with Gasteiger partial charge in [0.05, 0.1) is 20.3 Å². The van der Waals surface area contributed by atoms with Crippen LogP contribution in [0.1, 0.15) is 34.3 Å². The molecule has 0 fully saturated rings. The van der Waals surface area contributed by atoms with Gasteiger partial charge >= 0.3 is 0 Å². The summed E-state index contributed by atoms with van der Waals surface area (Å²) in [6, 6.07) is 22.7. The van der Waals surface area contributed by atoms with Crippen LogP contribution in [0.3, 0.4) is 0 Å². The molecule has 7 nitrogen and oxygen atoms in total. The zero-order chi connectivity index (χ0) is 24.6. The number of rotatable bonds is 10. The molecule has 4 rings (SSSR count). The first-order chi connectivity index (χ1) is 17.1. The Morgan fingerprint density at radius 1 is 0.914 bits per heavy atom. The van der Waals surface area contributed by atoms with Gasteiger partial charge in [0.1, 0.15) is 11.5 Å². The number of ether oxygens (including phenoxy) is 2. The molecule has 0 aliphatic carbocycles. The lowest BCUT2D eigenvalue weighted by Crippen LogP contribution is -2.38. The molecule has 4 aromatic rings. The number of hydrogen-bond acceptors (Lipinski definition) is 4. The van der Waals surface area contributed by atoms with Gasteiger partial charge in [0, 0.05) is 35.1 Å². The topological polar surface area (TPSA) is 92.4 Å². The molecule has 2 amide bonds. The molecule has 0 spiro atoms. The standard InChI is InChI=1S/C28H29N3O4/c1-3-35-22-14-10-20(11-15-22)28(33)31-18-27(32)30-16-24(19-8-12-21(34-2)13-9-19)25-17-29-26-7-5-4-6-23(25)26/h4-15,17,24,29H,3,16,18H2,1-2H3,(H,30,32)(H,31,33). The van der Waals surface area contributed by atoms with Crippen LogP contribution >= 0.6 is 0 Å². The zero-order valence-corrected chi connectivity index (χ0v) is 19.8. The van der Waals surface area contributed by atoms with Crippen LogP contribution in [-0.2, 0) is 4.79 Å². The third kappa shape index (κ3) is 5.81. The predicted molar refractivity (Wildman–Crippen MR) is 136 cm³/mol. The summed E-state index contributed by atoms with van der Waals surface area (Å²) in [5.41, 5.74) is 3.64. The molecule has 0 bridgehead atoms. The van der Waals surface area contributed by atoms with Crippen molar-refractivity contribution in [3.8, 4) is 11.5 Å². The minimum atomic E-state index is -0.313. The van der Waals surface area contributed by atoms with Gasteiger partial charge in [-0.2, -0.15) is 0 Å². The molecule has 0 saturated heterocycles. The number of methoxy groups -OCH3 is 1. The average molecular weight is 472 g/mol. The zero-order valence-electron chi connectivity index (χ0n) is 19.8. The number of aromatic amines is 1. The van der Waals surface area contributed by atoms with Crippen LogP contribution in [0.5, 0.6) is 11.5 Å². The second kappa shape index (κ2) is 11.2. The normalized spacial score (nSPS) is 11.6. The number of nitrogens with one attached hydrogen (secondary N) is 3. The van der Waals surface area contributed by atoms with Gasteiger partial charge in [-0.05, 0) is 60.5 Å². The Kier molecular flexibility index (Phi) is 7.67. The highest BCUT2D eigenvalue weighted by atomic mass is 16.5. The number of benzene rings is 3. The fraction of sp³-hybridized carbons (Fsp3) is 0.214. The minimum Gasteiger partial charge on any atom is -0.497 e. The minimum absolute atomic E-state index is 0.0807. The third-order valence-electron chi connectivity index (χ3n) is 5.86. The Bertz CT molecular complexity index is 1280. The van der Waals surface area contributed by atoms with Crippen LogP contribution in [0.4, 0.5) is 0 Å². The van der Waals surface area contributed by atoms with E-state index in [1.54, 1.807) is 31.4 Å². The summed E-state index contributed by atoms with van der Waals surface area (Å²) < 4.78 is 10.7. The molecule has 1 heterocycles. The molecule has 3 aromatic carbocycles. The number of para-hydroxylation sites is 1. The number of aromatic nitrogens is 1. The molecule has 3 N–H and O–H groups in total. The van der Waals surface area contributed by atoms with Crippen molar-refractivity contribution in [3.63, 3.8) is 0 Å².